The van der Waals surface area contributed by atoms with Crippen molar-refractivity contribution < 1.29 is 0 Å². The third-order valence-electron chi connectivity index (χ3n) is 3.69. The predicted molar refractivity (Wildman–Crippen MR) is 84.3 cm³/mol. The number of nitrogens with zero attached hydrogens (tertiary/aromatic N) is 5. The normalized spacial score (nSPS) is 15.8. The van der Waals surface area contributed by atoms with E-state index in [1.54, 1.807) is 0 Å². The van der Waals surface area contributed by atoms with Gasteiger partial charge in [-0.15, -0.1) is 0 Å². The van der Waals surface area contributed by atoms with Crippen molar-refractivity contribution in [2.45, 2.75) is 6.92 Å². The summed E-state index contributed by atoms with van der Waals surface area (Å²) < 4.78 is 2.91. The molecule has 0 amide bonds. The Hall–Kier alpha value is -1.56. The maximum absolute atomic E-state index is 4.51. The van der Waals surface area contributed by atoms with Crippen LogP contribution in [0, 0.1) is 6.92 Å². The number of hydrogen-bond acceptors (Lipinski definition) is 4. The highest BCUT2D eigenvalue weighted by molar-refractivity contribution is 9.10. The zero-order valence-electron chi connectivity index (χ0n) is 11.8. The molecule has 3 heterocycles. The molecule has 1 fully saturated rings. The zero-order chi connectivity index (χ0) is 14.1. The van der Waals surface area contributed by atoms with Crippen molar-refractivity contribution in [2.24, 2.45) is 7.05 Å². The van der Waals surface area contributed by atoms with E-state index < -0.39 is 0 Å². The van der Waals surface area contributed by atoms with Gasteiger partial charge in [0.25, 0.3) is 0 Å². The van der Waals surface area contributed by atoms with E-state index in [2.05, 4.69) is 55.0 Å². The van der Waals surface area contributed by atoms with Crippen LogP contribution in [0.3, 0.4) is 0 Å². The van der Waals surface area contributed by atoms with Crippen LogP contribution in [0.5, 0.6) is 0 Å². The van der Waals surface area contributed by atoms with Gasteiger partial charge in [-0.3, -0.25) is 4.68 Å². The predicted octanol–water partition coefficient (Wildman–Crippen LogP) is 2.21. The third-order valence-corrected chi connectivity index (χ3v) is 4.52. The van der Waals surface area contributed by atoms with Crippen LogP contribution in [-0.2, 0) is 7.05 Å². The SMILES string of the molecule is Cc1cc(N2CCN(c3cnn(C)c3)CC2)ncc1Br. The van der Waals surface area contributed by atoms with Gasteiger partial charge in [0.05, 0.1) is 11.9 Å². The molecule has 0 bridgehead atoms. The molecule has 106 valence electrons. The monoisotopic (exact) mass is 335 g/mol. The minimum atomic E-state index is 0.989. The van der Waals surface area contributed by atoms with Crippen molar-refractivity contribution in [1.82, 2.24) is 14.8 Å². The highest BCUT2D eigenvalue weighted by Gasteiger charge is 2.19. The number of hydrogen-bond donors (Lipinski definition) is 0. The molecule has 0 radical (unpaired) electrons. The average Bonchev–Trinajstić information content (AvgIpc) is 2.89. The second-order valence-electron chi connectivity index (χ2n) is 5.14. The number of anilines is 2. The molecule has 0 atom stereocenters. The summed E-state index contributed by atoms with van der Waals surface area (Å²) in [5.74, 6) is 1.07. The van der Waals surface area contributed by atoms with Crippen LogP contribution < -0.4 is 9.80 Å². The summed E-state index contributed by atoms with van der Waals surface area (Å²) in [6.07, 6.45) is 5.88. The van der Waals surface area contributed by atoms with E-state index in [1.807, 2.05) is 24.1 Å². The van der Waals surface area contributed by atoms with Crippen LogP contribution in [0.4, 0.5) is 11.5 Å². The molecular weight excluding hydrogens is 318 g/mol. The minimum Gasteiger partial charge on any atom is -0.365 e. The number of aromatic nitrogens is 3. The smallest absolute Gasteiger partial charge is 0.128 e. The molecular formula is C14H18BrN5. The summed E-state index contributed by atoms with van der Waals surface area (Å²) in [4.78, 5) is 9.22. The maximum Gasteiger partial charge on any atom is 0.128 e. The van der Waals surface area contributed by atoms with Crippen LogP contribution in [0.15, 0.2) is 29.1 Å². The first kappa shape index (κ1) is 13.4. The molecule has 0 N–H and O–H groups in total. The number of piperazine rings is 1. The van der Waals surface area contributed by atoms with Crippen molar-refractivity contribution in [3.8, 4) is 0 Å². The highest BCUT2D eigenvalue weighted by Crippen LogP contribution is 2.22. The molecule has 5 nitrogen and oxygen atoms in total. The Balaban J connectivity index is 1.67. The van der Waals surface area contributed by atoms with Gasteiger partial charge in [-0.2, -0.15) is 5.10 Å². The first-order valence-corrected chi connectivity index (χ1v) is 7.53. The van der Waals surface area contributed by atoms with Gasteiger partial charge in [0.1, 0.15) is 5.82 Å². The maximum atomic E-state index is 4.51. The van der Waals surface area contributed by atoms with Gasteiger partial charge in [-0.25, -0.2) is 4.98 Å². The Morgan fingerprint density at radius 2 is 1.80 bits per heavy atom. The molecule has 2 aromatic heterocycles. The molecule has 0 aromatic carbocycles. The molecule has 1 saturated heterocycles. The van der Waals surface area contributed by atoms with Gasteiger partial charge in [0.2, 0.25) is 0 Å². The van der Waals surface area contributed by atoms with Crippen LogP contribution in [-0.4, -0.2) is 40.9 Å². The van der Waals surface area contributed by atoms with E-state index in [4.69, 9.17) is 0 Å². The summed E-state index contributed by atoms with van der Waals surface area (Å²) in [6, 6.07) is 2.14. The number of aryl methyl sites for hydroxylation is 2. The third kappa shape index (κ3) is 2.65. The second kappa shape index (κ2) is 5.44. The van der Waals surface area contributed by atoms with Gasteiger partial charge in [0.15, 0.2) is 0 Å². The Morgan fingerprint density at radius 3 is 2.40 bits per heavy atom. The number of pyridine rings is 1. The molecule has 3 rings (SSSR count). The van der Waals surface area contributed by atoms with Gasteiger partial charge in [-0.05, 0) is 34.5 Å². The molecule has 0 unspecified atom stereocenters. The van der Waals surface area contributed by atoms with Crippen LogP contribution in [0.2, 0.25) is 0 Å². The zero-order valence-corrected chi connectivity index (χ0v) is 13.3. The summed E-state index contributed by atoms with van der Waals surface area (Å²) in [7, 11) is 1.95. The lowest BCUT2D eigenvalue weighted by Gasteiger charge is -2.36. The molecule has 0 aliphatic carbocycles. The summed E-state index contributed by atoms with van der Waals surface area (Å²) in [5, 5.41) is 4.23. The second-order valence-corrected chi connectivity index (χ2v) is 5.99. The Kier molecular flexibility index (Phi) is 3.65. The topological polar surface area (TPSA) is 37.2 Å². The van der Waals surface area contributed by atoms with Crippen molar-refractivity contribution in [2.75, 3.05) is 36.0 Å². The Labute approximate surface area is 127 Å². The standard InChI is InChI=1S/C14H18BrN5/c1-11-7-14(16-9-13(11)15)20-5-3-19(4-6-20)12-8-17-18(2)10-12/h7-10H,3-6H2,1-2H3. The fourth-order valence-corrected chi connectivity index (χ4v) is 2.68. The van der Waals surface area contributed by atoms with Crippen LogP contribution >= 0.6 is 15.9 Å². The minimum absolute atomic E-state index is 0.989. The van der Waals surface area contributed by atoms with Crippen molar-refractivity contribution in [3.63, 3.8) is 0 Å². The molecule has 0 spiro atoms. The Bertz CT molecular complexity index is 601. The molecule has 0 saturated carbocycles. The summed E-state index contributed by atoms with van der Waals surface area (Å²) in [6.45, 7) is 6.08. The highest BCUT2D eigenvalue weighted by atomic mass is 79.9. The lowest BCUT2D eigenvalue weighted by atomic mass is 10.2. The van der Waals surface area contributed by atoms with Gasteiger partial charge in [-0.1, -0.05) is 0 Å². The van der Waals surface area contributed by atoms with Gasteiger partial charge >= 0.3 is 0 Å². The first-order chi connectivity index (χ1) is 9.63. The molecule has 1 aliphatic heterocycles. The van der Waals surface area contributed by atoms with Crippen LogP contribution in [0.25, 0.3) is 0 Å². The molecule has 1 aliphatic rings. The van der Waals surface area contributed by atoms with E-state index in [-0.39, 0.29) is 0 Å². The molecule has 2 aromatic rings. The van der Waals surface area contributed by atoms with E-state index in [9.17, 15) is 0 Å². The van der Waals surface area contributed by atoms with Crippen molar-refractivity contribution in [1.29, 1.82) is 0 Å². The fraction of sp³-hybridized carbons (Fsp3) is 0.429. The van der Waals surface area contributed by atoms with Crippen molar-refractivity contribution in [3.05, 3.63) is 34.7 Å². The van der Waals surface area contributed by atoms with Gasteiger partial charge < -0.3 is 9.80 Å². The fourth-order valence-electron chi connectivity index (χ4n) is 2.46. The van der Waals surface area contributed by atoms with Crippen molar-refractivity contribution >= 4 is 27.4 Å². The van der Waals surface area contributed by atoms with Crippen LogP contribution in [0.1, 0.15) is 5.56 Å². The van der Waals surface area contributed by atoms with E-state index in [0.717, 1.165) is 36.5 Å². The van der Waals surface area contributed by atoms with E-state index in [0.29, 0.717) is 0 Å². The van der Waals surface area contributed by atoms with E-state index in [1.165, 1.54) is 11.3 Å². The number of halogens is 1. The first-order valence-electron chi connectivity index (χ1n) is 6.74. The average molecular weight is 336 g/mol. The van der Waals surface area contributed by atoms with Gasteiger partial charge in [0, 0.05) is 50.1 Å². The lowest BCUT2D eigenvalue weighted by Crippen LogP contribution is -2.46. The summed E-state index contributed by atoms with van der Waals surface area (Å²) >= 11 is 3.50. The summed E-state index contributed by atoms with van der Waals surface area (Å²) in [5.41, 5.74) is 2.43. The molecule has 6 heteroatoms. The lowest BCUT2D eigenvalue weighted by molar-refractivity contribution is 0.647. The molecule has 20 heavy (non-hydrogen) atoms. The number of rotatable bonds is 2. The Morgan fingerprint density at radius 1 is 1.10 bits per heavy atom. The van der Waals surface area contributed by atoms with E-state index >= 15 is 0 Å². The largest absolute Gasteiger partial charge is 0.365 e. The quantitative estimate of drug-likeness (QED) is 0.843.